The van der Waals surface area contributed by atoms with E-state index in [0.717, 1.165) is 51.4 Å². The lowest BCUT2D eigenvalue weighted by molar-refractivity contribution is 0.299. The van der Waals surface area contributed by atoms with Crippen molar-refractivity contribution in [2.75, 3.05) is 25.4 Å². The van der Waals surface area contributed by atoms with Gasteiger partial charge in [0.05, 0.1) is 5.52 Å². The third kappa shape index (κ3) is 4.12. The van der Waals surface area contributed by atoms with Crippen LogP contribution in [0, 0.1) is 12.8 Å². The molecule has 2 aromatic heterocycles. The Balaban J connectivity index is 0.00000241. The van der Waals surface area contributed by atoms with E-state index in [1.807, 2.05) is 18.7 Å². The van der Waals surface area contributed by atoms with Crippen LogP contribution in [0.25, 0.3) is 22.3 Å². The van der Waals surface area contributed by atoms with Gasteiger partial charge in [0.25, 0.3) is 0 Å². The zero-order chi connectivity index (χ0) is 22.4. The first-order chi connectivity index (χ1) is 16.1. The molecule has 1 aliphatic heterocycles. The summed E-state index contributed by atoms with van der Waals surface area (Å²) in [5.74, 6) is 2.81. The zero-order valence-electron chi connectivity index (χ0n) is 19.6. The smallest absolute Gasteiger partial charge is 0.191 e. The molecule has 34 heavy (non-hydrogen) atoms. The molecule has 5 nitrogen and oxygen atoms in total. The van der Waals surface area contributed by atoms with Gasteiger partial charge in [-0.1, -0.05) is 60.3 Å². The summed E-state index contributed by atoms with van der Waals surface area (Å²) in [4.78, 5) is 7.32. The van der Waals surface area contributed by atoms with Crippen LogP contribution in [-0.2, 0) is 12.5 Å². The maximum Gasteiger partial charge on any atom is 0.191 e. The second-order valence-corrected chi connectivity index (χ2v) is 10.6. The maximum atomic E-state index is 4.66. The molecule has 1 aliphatic carbocycles. The molecule has 2 atom stereocenters. The standard InChI is InChI=1S/C27H29N5S.ClH/c1-19-12-13-22-23(10-6-11-24(22)28-19)25-29-30-26(31(25)2)33-15-7-14-32-17-21-16-27(21,18-32)20-8-4-3-5-9-20;/h3-6,8-13,21H,7,14-18H2,1-2H3;1H. The molecule has 0 bridgehead atoms. The number of halogens is 1. The van der Waals surface area contributed by atoms with Crippen molar-refractivity contribution in [3.8, 4) is 11.4 Å². The van der Waals surface area contributed by atoms with Crippen molar-refractivity contribution in [3.05, 3.63) is 71.9 Å². The summed E-state index contributed by atoms with van der Waals surface area (Å²) in [7, 11) is 2.07. The number of likely N-dealkylation sites (tertiary alicyclic amines) is 1. The highest BCUT2D eigenvalue weighted by atomic mass is 35.5. The van der Waals surface area contributed by atoms with E-state index in [0.29, 0.717) is 5.41 Å². The minimum absolute atomic E-state index is 0. The number of aromatic nitrogens is 4. The Hall–Kier alpha value is -2.41. The van der Waals surface area contributed by atoms with Crippen LogP contribution in [0.5, 0.6) is 0 Å². The van der Waals surface area contributed by atoms with Gasteiger partial charge in [-0.25, -0.2) is 0 Å². The summed E-state index contributed by atoms with van der Waals surface area (Å²) < 4.78 is 2.12. The van der Waals surface area contributed by atoms with Crippen LogP contribution in [0.15, 0.2) is 65.8 Å². The van der Waals surface area contributed by atoms with Crippen molar-refractivity contribution in [2.24, 2.45) is 13.0 Å². The van der Waals surface area contributed by atoms with Gasteiger partial charge in [0.2, 0.25) is 0 Å². The average molecular weight is 492 g/mol. The van der Waals surface area contributed by atoms with E-state index in [-0.39, 0.29) is 12.4 Å². The van der Waals surface area contributed by atoms with Crippen LogP contribution in [-0.4, -0.2) is 50.0 Å². The quantitative estimate of drug-likeness (QED) is 0.252. The molecule has 2 aromatic carbocycles. The molecule has 6 rings (SSSR count). The van der Waals surface area contributed by atoms with Crippen molar-refractivity contribution in [3.63, 3.8) is 0 Å². The largest absolute Gasteiger partial charge is 0.305 e. The van der Waals surface area contributed by atoms with Crippen LogP contribution in [0.4, 0.5) is 0 Å². The fourth-order valence-corrected chi connectivity index (χ4v) is 6.39. The summed E-state index contributed by atoms with van der Waals surface area (Å²) >= 11 is 1.81. The van der Waals surface area contributed by atoms with E-state index in [2.05, 4.69) is 92.4 Å². The molecule has 1 saturated heterocycles. The number of fused-ring (bicyclic) bond motifs is 2. The Bertz CT molecular complexity index is 1310. The predicted molar refractivity (Wildman–Crippen MR) is 142 cm³/mol. The SMILES string of the molecule is Cc1ccc2c(-c3nnc(SCCCN4CC5CC5(c5ccccc5)C4)n3C)cccc2n1.Cl. The van der Waals surface area contributed by atoms with E-state index >= 15 is 0 Å². The first-order valence-corrected chi connectivity index (χ1v) is 12.8. The topological polar surface area (TPSA) is 46.8 Å². The number of thioether (sulfide) groups is 1. The number of hydrogen-bond acceptors (Lipinski definition) is 5. The maximum absolute atomic E-state index is 4.66. The second kappa shape index (κ2) is 9.33. The number of rotatable bonds is 7. The first-order valence-electron chi connectivity index (χ1n) is 11.8. The molecule has 2 unspecified atom stereocenters. The van der Waals surface area contributed by atoms with Crippen molar-refractivity contribution in [1.29, 1.82) is 0 Å². The van der Waals surface area contributed by atoms with E-state index in [4.69, 9.17) is 0 Å². The van der Waals surface area contributed by atoms with Crippen LogP contribution in [0.1, 0.15) is 24.1 Å². The van der Waals surface area contributed by atoms with Crippen molar-refractivity contribution < 1.29 is 0 Å². The summed E-state index contributed by atoms with van der Waals surface area (Å²) in [6.07, 6.45) is 2.54. The molecular formula is C27H30ClN5S. The van der Waals surface area contributed by atoms with Gasteiger partial charge in [-0.05, 0) is 49.9 Å². The van der Waals surface area contributed by atoms with Gasteiger partial charge in [-0.15, -0.1) is 22.6 Å². The normalized spacial score (nSPS) is 21.4. The van der Waals surface area contributed by atoms with E-state index in [1.165, 1.54) is 31.5 Å². The number of pyridine rings is 1. The summed E-state index contributed by atoms with van der Waals surface area (Å²) in [6, 6.07) is 21.5. The third-order valence-corrected chi connectivity index (χ3v) is 8.47. The summed E-state index contributed by atoms with van der Waals surface area (Å²) in [6.45, 7) is 5.66. The molecule has 0 N–H and O–H groups in total. The molecule has 4 aromatic rings. The van der Waals surface area contributed by atoms with Crippen LogP contribution in [0.2, 0.25) is 0 Å². The summed E-state index contributed by atoms with van der Waals surface area (Å²) in [5.41, 5.74) is 5.10. The van der Waals surface area contributed by atoms with Gasteiger partial charge in [-0.3, -0.25) is 4.98 Å². The van der Waals surface area contributed by atoms with E-state index in [1.54, 1.807) is 0 Å². The van der Waals surface area contributed by atoms with E-state index in [9.17, 15) is 0 Å². The molecule has 0 spiro atoms. The minimum Gasteiger partial charge on any atom is -0.305 e. The number of nitrogens with zero attached hydrogens (tertiary/aromatic N) is 5. The molecule has 3 heterocycles. The Kier molecular flexibility index (Phi) is 6.40. The fourth-order valence-electron chi connectivity index (χ4n) is 5.55. The monoisotopic (exact) mass is 491 g/mol. The van der Waals surface area contributed by atoms with Gasteiger partial charge in [0.1, 0.15) is 0 Å². The van der Waals surface area contributed by atoms with Crippen molar-refractivity contribution >= 4 is 35.1 Å². The number of benzene rings is 2. The summed E-state index contributed by atoms with van der Waals surface area (Å²) in [5, 5.41) is 11.1. The van der Waals surface area contributed by atoms with Gasteiger partial charge in [-0.2, -0.15) is 0 Å². The molecule has 2 fully saturated rings. The Morgan fingerprint density at radius 2 is 1.88 bits per heavy atom. The van der Waals surface area contributed by atoms with Crippen LogP contribution >= 0.6 is 24.2 Å². The molecule has 0 radical (unpaired) electrons. The van der Waals surface area contributed by atoms with Gasteiger partial charge in [0.15, 0.2) is 11.0 Å². The lowest BCUT2D eigenvalue weighted by Crippen LogP contribution is -2.27. The molecule has 1 saturated carbocycles. The third-order valence-electron chi connectivity index (χ3n) is 7.36. The van der Waals surface area contributed by atoms with Crippen molar-refractivity contribution in [2.45, 2.75) is 30.3 Å². The number of hydrogen-bond donors (Lipinski definition) is 0. The molecule has 7 heteroatoms. The molecule has 2 aliphatic rings. The average Bonchev–Trinajstić information content (AvgIpc) is 3.22. The predicted octanol–water partition coefficient (Wildman–Crippen LogP) is 5.52. The van der Waals surface area contributed by atoms with Crippen LogP contribution < -0.4 is 0 Å². The van der Waals surface area contributed by atoms with Gasteiger partial charge >= 0.3 is 0 Å². The van der Waals surface area contributed by atoms with Crippen molar-refractivity contribution in [1.82, 2.24) is 24.6 Å². The lowest BCUT2D eigenvalue weighted by atomic mass is 9.95. The highest BCUT2D eigenvalue weighted by Gasteiger charge is 2.60. The lowest BCUT2D eigenvalue weighted by Gasteiger charge is -2.20. The molecular weight excluding hydrogens is 462 g/mol. The fraction of sp³-hybridized carbons (Fsp3) is 0.370. The molecule has 176 valence electrons. The number of piperidine rings is 1. The van der Waals surface area contributed by atoms with Crippen LogP contribution in [0.3, 0.4) is 0 Å². The zero-order valence-corrected chi connectivity index (χ0v) is 21.3. The molecule has 0 amide bonds. The number of aryl methyl sites for hydroxylation is 1. The Morgan fingerprint density at radius 1 is 1.03 bits per heavy atom. The highest BCUT2D eigenvalue weighted by molar-refractivity contribution is 7.99. The van der Waals surface area contributed by atoms with Gasteiger partial charge < -0.3 is 9.47 Å². The second-order valence-electron chi connectivity index (χ2n) is 9.55. The van der Waals surface area contributed by atoms with Gasteiger partial charge in [0, 0.05) is 47.9 Å². The first kappa shape index (κ1) is 23.3. The van der Waals surface area contributed by atoms with E-state index < -0.39 is 0 Å². The highest BCUT2D eigenvalue weighted by Crippen LogP contribution is 2.58. The minimum atomic E-state index is 0. The Morgan fingerprint density at radius 3 is 2.74 bits per heavy atom. The Labute approximate surface area is 211 Å².